The number of aliphatic imine (C=N–C) groups is 1. The number of hydrogen-bond donors (Lipinski definition) is 2. The van der Waals surface area contributed by atoms with Gasteiger partial charge in [-0.05, 0) is 30.5 Å². The number of nitrogens with zero attached hydrogens (tertiary/aromatic N) is 1. The van der Waals surface area contributed by atoms with E-state index in [2.05, 4.69) is 27.8 Å². The van der Waals surface area contributed by atoms with Crippen LogP contribution >= 0.6 is 24.0 Å². The van der Waals surface area contributed by atoms with E-state index in [4.69, 9.17) is 4.74 Å². The lowest BCUT2D eigenvalue weighted by atomic mass is 10.1. The SMILES string of the molecule is CN=C(NC)NCCCc1ccc(OC)cc1.I. The lowest BCUT2D eigenvalue weighted by Crippen LogP contribution is -2.35. The lowest BCUT2D eigenvalue weighted by molar-refractivity contribution is 0.414. The molecule has 0 unspecified atom stereocenters. The molecule has 0 aromatic heterocycles. The van der Waals surface area contributed by atoms with E-state index in [0.29, 0.717) is 0 Å². The number of ether oxygens (including phenoxy) is 1. The maximum absolute atomic E-state index is 5.12. The zero-order chi connectivity index (χ0) is 12.5. The van der Waals surface area contributed by atoms with Gasteiger partial charge < -0.3 is 15.4 Å². The molecule has 0 saturated heterocycles. The largest absolute Gasteiger partial charge is 0.497 e. The van der Waals surface area contributed by atoms with Crippen molar-refractivity contribution >= 4 is 29.9 Å². The average Bonchev–Trinajstić information content (AvgIpc) is 2.40. The molecule has 2 N–H and O–H groups in total. The average molecular weight is 363 g/mol. The third kappa shape index (κ3) is 6.09. The quantitative estimate of drug-likeness (QED) is 0.364. The number of aryl methyl sites for hydroxylation is 1. The Labute approximate surface area is 126 Å². The monoisotopic (exact) mass is 363 g/mol. The fourth-order valence-corrected chi connectivity index (χ4v) is 1.57. The van der Waals surface area contributed by atoms with E-state index in [-0.39, 0.29) is 24.0 Å². The van der Waals surface area contributed by atoms with Crippen LogP contribution in [0.4, 0.5) is 0 Å². The molecule has 0 radical (unpaired) electrons. The van der Waals surface area contributed by atoms with E-state index in [1.807, 2.05) is 19.2 Å². The molecule has 1 aromatic rings. The second kappa shape index (κ2) is 9.99. The van der Waals surface area contributed by atoms with Crippen molar-refractivity contribution in [2.24, 2.45) is 4.99 Å². The Kier molecular flexibility index (Phi) is 9.45. The summed E-state index contributed by atoms with van der Waals surface area (Å²) in [6.45, 7) is 0.916. The third-order valence-corrected chi connectivity index (χ3v) is 2.55. The first kappa shape index (κ1) is 17.0. The molecule has 0 bridgehead atoms. The minimum Gasteiger partial charge on any atom is -0.497 e. The van der Waals surface area contributed by atoms with Crippen LogP contribution in [0.25, 0.3) is 0 Å². The van der Waals surface area contributed by atoms with Gasteiger partial charge in [0.2, 0.25) is 0 Å². The summed E-state index contributed by atoms with van der Waals surface area (Å²) in [7, 11) is 5.31. The minimum atomic E-state index is 0. The topological polar surface area (TPSA) is 45.7 Å². The van der Waals surface area contributed by atoms with Crippen LogP contribution in [0.5, 0.6) is 5.75 Å². The van der Waals surface area contributed by atoms with Crippen LogP contribution < -0.4 is 15.4 Å². The van der Waals surface area contributed by atoms with Gasteiger partial charge in [-0.25, -0.2) is 0 Å². The summed E-state index contributed by atoms with van der Waals surface area (Å²) in [4.78, 5) is 4.05. The first-order chi connectivity index (χ1) is 8.30. The number of rotatable bonds is 5. The minimum absolute atomic E-state index is 0. The van der Waals surface area contributed by atoms with Crippen LogP contribution in [-0.4, -0.2) is 33.7 Å². The Bertz CT molecular complexity index is 352. The van der Waals surface area contributed by atoms with Crippen molar-refractivity contribution in [1.29, 1.82) is 0 Å². The summed E-state index contributed by atoms with van der Waals surface area (Å²) in [6, 6.07) is 8.20. The highest BCUT2D eigenvalue weighted by Gasteiger charge is 1.96. The molecule has 0 atom stereocenters. The molecule has 0 aliphatic rings. The molecule has 0 aliphatic heterocycles. The van der Waals surface area contributed by atoms with Gasteiger partial charge in [0.15, 0.2) is 5.96 Å². The predicted octanol–water partition coefficient (Wildman–Crippen LogP) is 2.04. The number of hydrogen-bond acceptors (Lipinski definition) is 2. The number of methoxy groups -OCH3 is 1. The van der Waals surface area contributed by atoms with E-state index >= 15 is 0 Å². The van der Waals surface area contributed by atoms with Crippen molar-refractivity contribution in [3.05, 3.63) is 29.8 Å². The fourth-order valence-electron chi connectivity index (χ4n) is 1.57. The summed E-state index contributed by atoms with van der Waals surface area (Å²) in [5.41, 5.74) is 1.33. The van der Waals surface area contributed by atoms with Crippen molar-refractivity contribution in [3.63, 3.8) is 0 Å². The van der Waals surface area contributed by atoms with Gasteiger partial charge in [-0.2, -0.15) is 0 Å². The van der Waals surface area contributed by atoms with Gasteiger partial charge in [-0.15, -0.1) is 24.0 Å². The molecule has 0 fully saturated rings. The van der Waals surface area contributed by atoms with Gasteiger partial charge in [0.05, 0.1) is 7.11 Å². The number of halogens is 1. The van der Waals surface area contributed by atoms with Crippen LogP contribution in [0.15, 0.2) is 29.3 Å². The highest BCUT2D eigenvalue weighted by Crippen LogP contribution is 2.12. The first-order valence-corrected chi connectivity index (χ1v) is 5.81. The van der Waals surface area contributed by atoms with Gasteiger partial charge in [-0.1, -0.05) is 12.1 Å². The second-order valence-corrected chi connectivity index (χ2v) is 3.70. The molecular weight excluding hydrogens is 341 g/mol. The predicted molar refractivity (Wildman–Crippen MR) is 87.2 cm³/mol. The Morgan fingerprint density at radius 2 is 1.94 bits per heavy atom. The van der Waals surface area contributed by atoms with E-state index < -0.39 is 0 Å². The van der Waals surface area contributed by atoms with Crippen molar-refractivity contribution in [1.82, 2.24) is 10.6 Å². The summed E-state index contributed by atoms with van der Waals surface area (Å²) >= 11 is 0. The Hall–Kier alpha value is -0.980. The van der Waals surface area contributed by atoms with Crippen LogP contribution in [0.2, 0.25) is 0 Å². The van der Waals surface area contributed by atoms with Crippen molar-refractivity contribution < 1.29 is 4.74 Å². The molecule has 5 heteroatoms. The maximum atomic E-state index is 5.12. The fraction of sp³-hybridized carbons (Fsp3) is 0.462. The van der Waals surface area contributed by atoms with Crippen molar-refractivity contribution in [2.75, 3.05) is 27.7 Å². The molecule has 0 saturated carbocycles. The second-order valence-electron chi connectivity index (χ2n) is 3.70. The van der Waals surface area contributed by atoms with Crippen LogP contribution in [-0.2, 0) is 6.42 Å². The molecule has 102 valence electrons. The van der Waals surface area contributed by atoms with Gasteiger partial charge in [0.25, 0.3) is 0 Å². The van der Waals surface area contributed by atoms with Crippen molar-refractivity contribution in [2.45, 2.75) is 12.8 Å². The van der Waals surface area contributed by atoms with Crippen LogP contribution in [0, 0.1) is 0 Å². The smallest absolute Gasteiger partial charge is 0.190 e. The Morgan fingerprint density at radius 1 is 1.28 bits per heavy atom. The summed E-state index contributed by atoms with van der Waals surface area (Å²) < 4.78 is 5.12. The number of benzene rings is 1. The van der Waals surface area contributed by atoms with Gasteiger partial charge in [-0.3, -0.25) is 4.99 Å². The first-order valence-electron chi connectivity index (χ1n) is 5.81. The van der Waals surface area contributed by atoms with Crippen LogP contribution in [0.3, 0.4) is 0 Å². The van der Waals surface area contributed by atoms with Gasteiger partial charge in [0.1, 0.15) is 5.75 Å². The highest BCUT2D eigenvalue weighted by atomic mass is 127. The normalized spacial score (nSPS) is 10.5. The molecule has 0 aliphatic carbocycles. The molecule has 1 rings (SSSR count). The third-order valence-electron chi connectivity index (χ3n) is 2.55. The number of nitrogens with one attached hydrogen (secondary N) is 2. The number of guanidine groups is 1. The van der Waals surface area contributed by atoms with E-state index in [0.717, 1.165) is 31.1 Å². The molecule has 1 aromatic carbocycles. The summed E-state index contributed by atoms with van der Waals surface area (Å²) in [6.07, 6.45) is 2.13. The zero-order valence-electron chi connectivity index (χ0n) is 11.2. The van der Waals surface area contributed by atoms with E-state index in [1.54, 1.807) is 14.2 Å². The summed E-state index contributed by atoms with van der Waals surface area (Å²) in [5.74, 6) is 1.74. The molecule has 4 nitrogen and oxygen atoms in total. The molecule has 0 heterocycles. The summed E-state index contributed by atoms with van der Waals surface area (Å²) in [5, 5.41) is 6.21. The standard InChI is InChI=1S/C13H21N3O.HI/c1-14-13(15-2)16-10-4-5-11-6-8-12(17-3)9-7-11;/h6-9H,4-5,10H2,1-3H3,(H2,14,15,16);1H. The van der Waals surface area contributed by atoms with Crippen molar-refractivity contribution in [3.8, 4) is 5.75 Å². The Balaban J connectivity index is 0.00000289. The maximum Gasteiger partial charge on any atom is 0.190 e. The molecular formula is C13H22IN3O. The van der Waals surface area contributed by atoms with Crippen LogP contribution in [0.1, 0.15) is 12.0 Å². The lowest BCUT2D eigenvalue weighted by Gasteiger charge is -2.08. The van der Waals surface area contributed by atoms with Gasteiger partial charge in [0, 0.05) is 20.6 Å². The zero-order valence-corrected chi connectivity index (χ0v) is 13.5. The van der Waals surface area contributed by atoms with Gasteiger partial charge >= 0.3 is 0 Å². The Morgan fingerprint density at radius 3 is 2.44 bits per heavy atom. The highest BCUT2D eigenvalue weighted by molar-refractivity contribution is 14.0. The molecule has 0 spiro atoms. The molecule has 0 amide bonds. The molecule has 18 heavy (non-hydrogen) atoms. The van der Waals surface area contributed by atoms with E-state index in [1.165, 1.54) is 5.56 Å². The van der Waals surface area contributed by atoms with E-state index in [9.17, 15) is 0 Å².